The summed E-state index contributed by atoms with van der Waals surface area (Å²) >= 11 is 0. The molecule has 0 bridgehead atoms. The summed E-state index contributed by atoms with van der Waals surface area (Å²) in [6.07, 6.45) is 17.4. The van der Waals surface area contributed by atoms with Crippen molar-refractivity contribution in [3.05, 3.63) is 49.1 Å². The number of hydrogen-bond acceptors (Lipinski definition) is 4. The smallest absolute Gasteiger partial charge is 0.108 e. The van der Waals surface area contributed by atoms with Gasteiger partial charge in [0.25, 0.3) is 0 Å². The van der Waals surface area contributed by atoms with Gasteiger partial charge in [0.2, 0.25) is 0 Å². The Balaban J connectivity index is 2.29. The quantitative estimate of drug-likeness (QED) is 0.636. The molecule has 0 unspecified atom stereocenters. The maximum atomic E-state index is 4.23. The van der Waals surface area contributed by atoms with Crippen molar-refractivity contribution in [2.75, 3.05) is 0 Å². The summed E-state index contributed by atoms with van der Waals surface area (Å²) < 4.78 is 0. The highest BCUT2D eigenvalue weighted by Crippen LogP contribution is 1.94. The molecule has 0 aromatic rings. The molecular weight excluding hydrogens is 200 g/mol. The molecule has 2 rings (SSSR count). The second-order valence-corrected chi connectivity index (χ2v) is 2.95. The minimum atomic E-state index is 0.685. The van der Waals surface area contributed by atoms with Crippen LogP contribution in [0.5, 0.6) is 0 Å². The van der Waals surface area contributed by atoms with Gasteiger partial charge in [-0.25, -0.2) is 0 Å². The zero-order chi connectivity index (χ0) is 11.1. The first kappa shape index (κ1) is 10.2. The Morgan fingerprint density at radius 3 is 1.50 bits per heavy atom. The molecule has 2 aliphatic heterocycles. The number of rotatable bonds is 1. The molecule has 16 heavy (non-hydrogen) atoms. The molecule has 0 aliphatic carbocycles. The van der Waals surface area contributed by atoms with E-state index in [1.165, 1.54) is 0 Å². The van der Waals surface area contributed by atoms with Gasteiger partial charge in [-0.05, 0) is 24.3 Å². The van der Waals surface area contributed by atoms with Gasteiger partial charge < -0.3 is 0 Å². The molecule has 0 amide bonds. The van der Waals surface area contributed by atoms with Crippen molar-refractivity contribution in [3.63, 3.8) is 0 Å². The third-order valence-corrected chi connectivity index (χ3v) is 1.82. The fourth-order valence-corrected chi connectivity index (χ4v) is 1.10. The molecule has 4 heteroatoms. The van der Waals surface area contributed by atoms with Gasteiger partial charge in [0.05, 0.1) is 12.4 Å². The van der Waals surface area contributed by atoms with Gasteiger partial charge in [0.1, 0.15) is 11.4 Å². The Morgan fingerprint density at radius 2 is 1.00 bits per heavy atom. The molecular formula is C12H10N4. The van der Waals surface area contributed by atoms with Crippen molar-refractivity contribution in [2.45, 2.75) is 0 Å². The van der Waals surface area contributed by atoms with Crippen molar-refractivity contribution in [2.24, 2.45) is 20.0 Å². The first-order valence-electron chi connectivity index (χ1n) is 4.82. The molecule has 2 aliphatic rings. The fourth-order valence-electron chi connectivity index (χ4n) is 1.10. The summed E-state index contributed by atoms with van der Waals surface area (Å²) in [6, 6.07) is 0. The topological polar surface area (TPSA) is 49.4 Å². The van der Waals surface area contributed by atoms with Crippen LogP contribution in [0.4, 0.5) is 0 Å². The van der Waals surface area contributed by atoms with Crippen LogP contribution in [-0.2, 0) is 0 Å². The summed E-state index contributed by atoms with van der Waals surface area (Å²) in [5.74, 6) is 0. The van der Waals surface area contributed by atoms with Crippen LogP contribution < -0.4 is 0 Å². The lowest BCUT2D eigenvalue weighted by Gasteiger charge is -1.99. The van der Waals surface area contributed by atoms with E-state index >= 15 is 0 Å². The Hall–Kier alpha value is -2.36. The Kier molecular flexibility index (Phi) is 3.50. The molecule has 78 valence electrons. The summed E-state index contributed by atoms with van der Waals surface area (Å²) in [7, 11) is 0. The van der Waals surface area contributed by atoms with Crippen molar-refractivity contribution >= 4 is 23.9 Å². The molecule has 4 nitrogen and oxygen atoms in total. The van der Waals surface area contributed by atoms with E-state index in [0.29, 0.717) is 11.4 Å². The van der Waals surface area contributed by atoms with E-state index in [1.54, 1.807) is 37.2 Å². The lowest BCUT2D eigenvalue weighted by molar-refractivity contribution is 1.51. The molecule has 0 spiro atoms. The van der Waals surface area contributed by atoms with Crippen molar-refractivity contribution in [3.8, 4) is 0 Å². The largest absolute Gasteiger partial charge is 0.262 e. The number of aliphatic imine (C=N–C) groups is 4. The highest BCUT2D eigenvalue weighted by molar-refractivity contribution is 6.75. The van der Waals surface area contributed by atoms with Crippen LogP contribution in [0.25, 0.3) is 0 Å². The second kappa shape index (κ2) is 5.50. The van der Waals surface area contributed by atoms with E-state index in [4.69, 9.17) is 0 Å². The minimum absolute atomic E-state index is 0.685. The van der Waals surface area contributed by atoms with Gasteiger partial charge in [0, 0.05) is 24.8 Å². The predicted octanol–water partition coefficient (Wildman–Crippen LogP) is 2.09. The Bertz CT molecular complexity index is 439. The molecule has 0 radical (unpaired) electrons. The van der Waals surface area contributed by atoms with E-state index in [0.717, 1.165) is 0 Å². The molecule has 2 heterocycles. The van der Waals surface area contributed by atoms with Gasteiger partial charge in [0.15, 0.2) is 0 Å². The van der Waals surface area contributed by atoms with Gasteiger partial charge in [-0.2, -0.15) is 0 Å². The first-order valence-corrected chi connectivity index (χ1v) is 4.82. The summed E-state index contributed by atoms with van der Waals surface area (Å²) in [5, 5.41) is 0. The van der Waals surface area contributed by atoms with E-state index < -0.39 is 0 Å². The van der Waals surface area contributed by atoms with Gasteiger partial charge in [-0.3, -0.25) is 20.0 Å². The van der Waals surface area contributed by atoms with E-state index in [-0.39, 0.29) is 0 Å². The average molecular weight is 210 g/mol. The normalized spacial score (nSPS) is 18.5. The van der Waals surface area contributed by atoms with E-state index in [2.05, 4.69) is 20.0 Å². The summed E-state index contributed by atoms with van der Waals surface area (Å²) in [6.45, 7) is 0. The fraction of sp³-hybridized carbons (Fsp3) is 0. The van der Waals surface area contributed by atoms with Gasteiger partial charge in [-0.1, -0.05) is 0 Å². The molecule has 0 atom stereocenters. The summed E-state index contributed by atoms with van der Waals surface area (Å²) in [4.78, 5) is 16.6. The minimum Gasteiger partial charge on any atom is -0.262 e. The van der Waals surface area contributed by atoms with Crippen LogP contribution >= 0.6 is 0 Å². The van der Waals surface area contributed by atoms with Gasteiger partial charge in [-0.15, -0.1) is 0 Å². The Morgan fingerprint density at radius 1 is 0.562 bits per heavy atom. The van der Waals surface area contributed by atoms with E-state index in [9.17, 15) is 0 Å². The lowest BCUT2D eigenvalue weighted by atomic mass is 10.2. The number of allylic oxidation sites excluding steroid dienone is 4. The molecule has 0 aromatic carbocycles. The monoisotopic (exact) mass is 210 g/mol. The highest BCUT2D eigenvalue weighted by atomic mass is 14.8. The Labute approximate surface area is 93.6 Å². The van der Waals surface area contributed by atoms with Crippen LogP contribution in [-0.4, -0.2) is 23.9 Å². The van der Waals surface area contributed by atoms with Crippen molar-refractivity contribution < 1.29 is 0 Å². The van der Waals surface area contributed by atoms with Crippen molar-refractivity contribution in [1.82, 2.24) is 0 Å². The highest BCUT2D eigenvalue weighted by Gasteiger charge is 2.03. The van der Waals surface area contributed by atoms with Crippen LogP contribution in [0.1, 0.15) is 0 Å². The summed E-state index contributed by atoms with van der Waals surface area (Å²) in [5.41, 5.74) is 1.37. The van der Waals surface area contributed by atoms with Crippen LogP contribution in [0.15, 0.2) is 69.1 Å². The van der Waals surface area contributed by atoms with E-state index in [1.807, 2.05) is 24.3 Å². The standard InChI is InChI=1S/C12H10N4/c1-3-7-15-11(9-13-5-1)12-10-14-6-2-4-8-16-12/h1-10H. The molecule has 0 saturated carbocycles. The molecule has 0 N–H and O–H groups in total. The SMILES string of the molecule is C1=CN=CC(C2=NC=CC=CN=C2)=NC=C1. The van der Waals surface area contributed by atoms with Crippen LogP contribution in [0, 0.1) is 0 Å². The third-order valence-electron chi connectivity index (χ3n) is 1.82. The number of nitrogens with zero attached hydrogens (tertiary/aromatic N) is 4. The zero-order valence-electron chi connectivity index (χ0n) is 8.56. The molecule has 0 fully saturated rings. The molecule has 0 aromatic heterocycles. The second-order valence-electron chi connectivity index (χ2n) is 2.95. The van der Waals surface area contributed by atoms with Crippen molar-refractivity contribution in [1.29, 1.82) is 0 Å². The van der Waals surface area contributed by atoms with Crippen LogP contribution in [0.2, 0.25) is 0 Å². The maximum absolute atomic E-state index is 4.23. The average Bonchev–Trinajstić information content (AvgIpc) is 2.18. The predicted molar refractivity (Wildman–Crippen MR) is 68.4 cm³/mol. The van der Waals surface area contributed by atoms with Gasteiger partial charge >= 0.3 is 0 Å². The molecule has 0 saturated heterocycles. The van der Waals surface area contributed by atoms with Crippen LogP contribution in [0.3, 0.4) is 0 Å². The first-order chi connectivity index (χ1) is 7.97. The number of hydrogen-bond donors (Lipinski definition) is 0. The zero-order valence-corrected chi connectivity index (χ0v) is 8.56. The third kappa shape index (κ3) is 2.81. The maximum Gasteiger partial charge on any atom is 0.108 e. The lowest BCUT2D eigenvalue weighted by Crippen LogP contribution is -2.17.